The zero-order valence-electron chi connectivity index (χ0n) is 15.9. The summed E-state index contributed by atoms with van der Waals surface area (Å²) in [7, 11) is 2.04. The minimum atomic E-state index is 0.223. The van der Waals surface area contributed by atoms with Crippen LogP contribution in [0.5, 0.6) is 0 Å². The van der Waals surface area contributed by atoms with Crippen LogP contribution >= 0.6 is 0 Å². The van der Waals surface area contributed by atoms with Crippen LogP contribution in [0.4, 0.5) is 0 Å². The fraction of sp³-hybridized carbons (Fsp3) is 1.00. The third-order valence-corrected chi connectivity index (χ3v) is 8.72. The van der Waals surface area contributed by atoms with Gasteiger partial charge in [-0.15, -0.1) is 0 Å². The molecule has 24 heavy (non-hydrogen) atoms. The number of nitrogens with one attached hydrogen (secondary N) is 1. The quantitative estimate of drug-likeness (QED) is 0.719. The Morgan fingerprint density at radius 2 is 1.25 bits per heavy atom. The fourth-order valence-corrected chi connectivity index (χ4v) is 7.63. The Morgan fingerprint density at radius 1 is 0.667 bits per heavy atom. The average Bonchev–Trinajstić information content (AvgIpc) is 2.67. The van der Waals surface area contributed by atoms with Crippen LogP contribution in [-0.4, -0.2) is 13.2 Å². The molecule has 2 nitrogen and oxygen atoms in total. The van der Waals surface area contributed by atoms with Crippen LogP contribution in [0.3, 0.4) is 0 Å². The summed E-state index contributed by atoms with van der Waals surface area (Å²) >= 11 is 0. The highest BCUT2D eigenvalue weighted by atomic mass is 15.0. The summed E-state index contributed by atoms with van der Waals surface area (Å²) < 4.78 is 0. The van der Waals surface area contributed by atoms with Gasteiger partial charge in [-0.1, -0.05) is 44.9 Å². The second-order valence-electron chi connectivity index (χ2n) is 9.72. The first-order valence-electron chi connectivity index (χ1n) is 11.2. The molecule has 0 bridgehead atoms. The molecular formula is C22H40N2. The van der Waals surface area contributed by atoms with Gasteiger partial charge in [-0.2, -0.15) is 0 Å². The number of rotatable bonds is 3. The summed E-state index contributed by atoms with van der Waals surface area (Å²) in [6.07, 6.45) is 19.8. The minimum Gasteiger partial charge on any atom is -0.316 e. The van der Waals surface area contributed by atoms with E-state index in [2.05, 4.69) is 5.32 Å². The lowest BCUT2D eigenvalue weighted by Gasteiger charge is -2.54. The van der Waals surface area contributed by atoms with Crippen molar-refractivity contribution < 1.29 is 0 Å². The Bertz CT molecular complexity index is 409. The van der Waals surface area contributed by atoms with Crippen molar-refractivity contribution in [3.05, 3.63) is 0 Å². The van der Waals surface area contributed by atoms with Gasteiger partial charge in [0.25, 0.3) is 0 Å². The maximum atomic E-state index is 6.37. The van der Waals surface area contributed by atoms with Crippen LogP contribution in [0.25, 0.3) is 0 Å². The maximum absolute atomic E-state index is 6.37. The van der Waals surface area contributed by atoms with Crippen LogP contribution in [0.2, 0.25) is 0 Å². The molecule has 4 aliphatic carbocycles. The molecule has 0 spiro atoms. The SMILES string of the molecule is CNC(N)C1CCCC([C@@H]2CC3CCCCC3C3CCCCC32)C1. The summed E-state index contributed by atoms with van der Waals surface area (Å²) in [5.41, 5.74) is 6.37. The second-order valence-corrected chi connectivity index (χ2v) is 9.72. The van der Waals surface area contributed by atoms with Crippen LogP contribution in [0.15, 0.2) is 0 Å². The predicted octanol–water partition coefficient (Wildman–Crippen LogP) is 4.93. The van der Waals surface area contributed by atoms with Crippen LogP contribution in [0.1, 0.15) is 83.5 Å². The highest BCUT2D eigenvalue weighted by Gasteiger charge is 2.48. The molecule has 7 unspecified atom stereocenters. The van der Waals surface area contributed by atoms with Crippen molar-refractivity contribution in [3.8, 4) is 0 Å². The van der Waals surface area contributed by atoms with Crippen LogP contribution in [-0.2, 0) is 0 Å². The average molecular weight is 333 g/mol. The van der Waals surface area contributed by atoms with E-state index in [1.165, 1.54) is 51.4 Å². The third kappa shape index (κ3) is 3.30. The lowest BCUT2D eigenvalue weighted by molar-refractivity contribution is -0.0468. The van der Waals surface area contributed by atoms with Gasteiger partial charge in [0.05, 0.1) is 6.17 Å². The van der Waals surface area contributed by atoms with Crippen LogP contribution in [0, 0.1) is 41.4 Å². The molecule has 4 aliphatic rings. The van der Waals surface area contributed by atoms with E-state index >= 15 is 0 Å². The second kappa shape index (κ2) is 7.66. The van der Waals surface area contributed by atoms with Crippen molar-refractivity contribution >= 4 is 0 Å². The van der Waals surface area contributed by atoms with Gasteiger partial charge in [-0.25, -0.2) is 0 Å². The molecule has 4 fully saturated rings. The first kappa shape index (κ1) is 17.3. The van der Waals surface area contributed by atoms with E-state index in [9.17, 15) is 0 Å². The van der Waals surface area contributed by atoms with Gasteiger partial charge in [-0.05, 0) is 87.0 Å². The van der Waals surface area contributed by atoms with Gasteiger partial charge in [0, 0.05) is 0 Å². The van der Waals surface area contributed by atoms with Gasteiger partial charge in [0.2, 0.25) is 0 Å². The van der Waals surface area contributed by atoms with E-state index in [1.807, 2.05) is 7.05 Å². The standard InChI is InChI=1S/C22H40N2/c1-24-22(23)17-9-6-8-15(13-17)21-14-16-7-2-3-10-18(16)19-11-4-5-12-20(19)21/h15-22,24H,2-14,23H2,1H3/t15?,16?,17?,18?,19?,20?,21-,22?/m0/s1. The number of nitrogens with two attached hydrogens (primary N) is 1. The van der Waals surface area contributed by atoms with Crippen molar-refractivity contribution in [3.63, 3.8) is 0 Å². The number of hydrogen-bond acceptors (Lipinski definition) is 2. The number of hydrogen-bond donors (Lipinski definition) is 2. The molecule has 138 valence electrons. The summed E-state index contributed by atoms with van der Waals surface area (Å²) in [5.74, 6) is 7.12. The molecule has 0 aromatic rings. The monoisotopic (exact) mass is 332 g/mol. The molecular weight excluding hydrogens is 292 g/mol. The fourth-order valence-electron chi connectivity index (χ4n) is 7.63. The van der Waals surface area contributed by atoms with Gasteiger partial charge < -0.3 is 11.1 Å². The molecule has 0 saturated heterocycles. The van der Waals surface area contributed by atoms with E-state index < -0.39 is 0 Å². The van der Waals surface area contributed by atoms with Crippen molar-refractivity contribution in [2.24, 2.45) is 47.2 Å². The molecule has 0 aromatic carbocycles. The summed E-state index contributed by atoms with van der Waals surface area (Å²) in [5, 5.41) is 3.34. The third-order valence-electron chi connectivity index (χ3n) is 8.72. The lowest BCUT2D eigenvalue weighted by atomic mass is 9.51. The van der Waals surface area contributed by atoms with Gasteiger partial charge in [0.1, 0.15) is 0 Å². The van der Waals surface area contributed by atoms with Crippen molar-refractivity contribution in [2.45, 2.75) is 89.6 Å². The summed E-state index contributed by atoms with van der Waals surface area (Å²) in [4.78, 5) is 0. The Morgan fingerprint density at radius 3 is 2.00 bits per heavy atom. The molecule has 0 aliphatic heterocycles. The Labute approximate surface area is 149 Å². The minimum absolute atomic E-state index is 0.223. The zero-order chi connectivity index (χ0) is 16.5. The van der Waals surface area contributed by atoms with Crippen molar-refractivity contribution in [1.29, 1.82) is 0 Å². The molecule has 0 heterocycles. The lowest BCUT2D eigenvalue weighted by Crippen LogP contribution is -2.48. The van der Waals surface area contributed by atoms with E-state index in [0.29, 0.717) is 0 Å². The highest BCUT2D eigenvalue weighted by Crippen LogP contribution is 2.57. The normalized spacial score (nSPS) is 47.5. The zero-order valence-corrected chi connectivity index (χ0v) is 15.9. The van der Waals surface area contributed by atoms with E-state index in [1.54, 1.807) is 32.1 Å². The largest absolute Gasteiger partial charge is 0.316 e. The van der Waals surface area contributed by atoms with E-state index in [0.717, 1.165) is 41.4 Å². The summed E-state index contributed by atoms with van der Waals surface area (Å²) in [6.45, 7) is 0. The van der Waals surface area contributed by atoms with Crippen LogP contribution < -0.4 is 11.1 Å². The van der Waals surface area contributed by atoms with E-state index in [-0.39, 0.29) is 6.17 Å². The van der Waals surface area contributed by atoms with E-state index in [4.69, 9.17) is 5.73 Å². The molecule has 0 amide bonds. The Hall–Kier alpha value is -0.0800. The first-order valence-corrected chi connectivity index (χ1v) is 11.2. The number of fused-ring (bicyclic) bond motifs is 3. The molecule has 2 heteroatoms. The van der Waals surface area contributed by atoms with Gasteiger partial charge >= 0.3 is 0 Å². The summed E-state index contributed by atoms with van der Waals surface area (Å²) in [6, 6.07) is 0. The predicted molar refractivity (Wildman–Crippen MR) is 101 cm³/mol. The maximum Gasteiger partial charge on any atom is 0.0572 e. The molecule has 0 aromatic heterocycles. The molecule has 0 radical (unpaired) electrons. The molecule has 4 rings (SSSR count). The van der Waals surface area contributed by atoms with Gasteiger partial charge in [-0.3, -0.25) is 0 Å². The Kier molecular flexibility index (Phi) is 5.53. The van der Waals surface area contributed by atoms with Crippen molar-refractivity contribution in [2.75, 3.05) is 7.05 Å². The van der Waals surface area contributed by atoms with Crippen molar-refractivity contribution in [1.82, 2.24) is 5.32 Å². The Balaban J connectivity index is 1.50. The highest BCUT2D eigenvalue weighted by molar-refractivity contribution is 4.98. The molecule has 3 N–H and O–H groups in total. The first-order chi connectivity index (χ1) is 11.8. The molecule has 8 atom stereocenters. The smallest absolute Gasteiger partial charge is 0.0572 e. The van der Waals surface area contributed by atoms with Gasteiger partial charge in [0.15, 0.2) is 0 Å². The molecule has 4 saturated carbocycles. The topological polar surface area (TPSA) is 38.0 Å².